The maximum absolute atomic E-state index is 5.71. The predicted molar refractivity (Wildman–Crippen MR) is 73.5 cm³/mol. The van der Waals surface area contributed by atoms with Gasteiger partial charge in [0.15, 0.2) is 0 Å². The summed E-state index contributed by atoms with van der Waals surface area (Å²) in [5.74, 6) is 1.06. The molecule has 0 amide bonds. The van der Waals surface area contributed by atoms with Gasteiger partial charge in [0.05, 0.1) is 18.8 Å². The topological polar surface area (TPSA) is 25.4 Å². The highest BCUT2D eigenvalue weighted by molar-refractivity contribution is 9.10. The van der Waals surface area contributed by atoms with Gasteiger partial charge in [0, 0.05) is 17.2 Å². The first kappa shape index (κ1) is 12.8. The summed E-state index contributed by atoms with van der Waals surface area (Å²) < 4.78 is 6.77. The number of aromatic nitrogens is 1. The largest absolute Gasteiger partial charge is 0.375 e. The van der Waals surface area contributed by atoms with E-state index in [1.165, 1.54) is 5.56 Å². The molecular weight excluding hydrogens is 280 g/mol. The average Bonchev–Trinajstić information content (AvgIpc) is 2.32. The number of pyridine rings is 1. The number of morpholine rings is 1. The Hall–Kier alpha value is -0.610. The molecule has 0 aliphatic carbocycles. The summed E-state index contributed by atoms with van der Waals surface area (Å²) in [6.07, 6.45) is 3.25. The summed E-state index contributed by atoms with van der Waals surface area (Å²) in [6.45, 7) is 8.13. The Morgan fingerprint density at radius 2 is 2.35 bits per heavy atom. The van der Waals surface area contributed by atoms with Crippen molar-refractivity contribution in [3.8, 4) is 0 Å². The molecule has 1 aromatic heterocycles. The van der Waals surface area contributed by atoms with Crippen molar-refractivity contribution in [3.05, 3.63) is 22.3 Å². The molecule has 2 atom stereocenters. The van der Waals surface area contributed by atoms with Gasteiger partial charge >= 0.3 is 0 Å². The highest BCUT2D eigenvalue weighted by atomic mass is 79.9. The Morgan fingerprint density at radius 3 is 3.00 bits per heavy atom. The number of halogens is 1. The molecule has 1 fully saturated rings. The Morgan fingerprint density at radius 1 is 1.59 bits per heavy atom. The maximum atomic E-state index is 5.71. The van der Waals surface area contributed by atoms with Crippen LogP contribution >= 0.6 is 15.9 Å². The Bertz CT molecular complexity index is 397. The second-order valence-electron chi connectivity index (χ2n) is 4.65. The van der Waals surface area contributed by atoms with E-state index in [2.05, 4.69) is 52.7 Å². The Labute approximate surface area is 111 Å². The minimum absolute atomic E-state index is 0.281. The fourth-order valence-electron chi connectivity index (χ4n) is 2.14. The molecule has 1 saturated heterocycles. The van der Waals surface area contributed by atoms with E-state index in [1.54, 1.807) is 0 Å². The molecule has 0 N–H and O–H groups in total. The lowest BCUT2D eigenvalue weighted by atomic mass is 10.1. The summed E-state index contributed by atoms with van der Waals surface area (Å²) in [5.41, 5.74) is 1.23. The van der Waals surface area contributed by atoms with Gasteiger partial charge < -0.3 is 9.64 Å². The standard InChI is InChI=1S/C13H19BrN2O/c1-4-11-8-17-10(3)7-16(11)13-5-9(2)12(14)6-15-13/h5-6,10-11H,4,7-8H2,1-3H3. The van der Waals surface area contributed by atoms with Crippen LogP contribution in [-0.4, -0.2) is 30.3 Å². The molecule has 0 spiro atoms. The number of ether oxygens (including phenoxy) is 1. The molecule has 3 nitrogen and oxygen atoms in total. The van der Waals surface area contributed by atoms with Gasteiger partial charge in [-0.05, 0) is 47.8 Å². The normalized spacial score (nSPS) is 25.1. The van der Waals surface area contributed by atoms with Crippen LogP contribution < -0.4 is 4.90 Å². The molecule has 1 aliphatic heterocycles. The molecule has 17 heavy (non-hydrogen) atoms. The van der Waals surface area contributed by atoms with Crippen molar-refractivity contribution in [2.45, 2.75) is 39.3 Å². The van der Waals surface area contributed by atoms with Crippen LogP contribution in [0.3, 0.4) is 0 Å². The van der Waals surface area contributed by atoms with E-state index in [-0.39, 0.29) is 6.10 Å². The number of rotatable bonds is 2. The van der Waals surface area contributed by atoms with E-state index in [0.717, 1.165) is 29.9 Å². The highest BCUT2D eigenvalue weighted by Crippen LogP contribution is 2.25. The number of anilines is 1. The van der Waals surface area contributed by atoms with Gasteiger partial charge in [-0.1, -0.05) is 6.92 Å². The zero-order valence-electron chi connectivity index (χ0n) is 10.6. The fourth-order valence-corrected chi connectivity index (χ4v) is 2.36. The van der Waals surface area contributed by atoms with Crippen LogP contribution in [0.1, 0.15) is 25.8 Å². The van der Waals surface area contributed by atoms with Crippen LogP contribution in [0.25, 0.3) is 0 Å². The van der Waals surface area contributed by atoms with Gasteiger partial charge in [-0.15, -0.1) is 0 Å². The predicted octanol–water partition coefficient (Wildman–Crippen LogP) is 3.16. The summed E-state index contributed by atoms with van der Waals surface area (Å²) in [7, 11) is 0. The van der Waals surface area contributed by atoms with E-state index >= 15 is 0 Å². The van der Waals surface area contributed by atoms with Crippen molar-refractivity contribution >= 4 is 21.7 Å². The lowest BCUT2D eigenvalue weighted by Gasteiger charge is -2.39. The molecule has 2 unspecified atom stereocenters. The van der Waals surface area contributed by atoms with Crippen LogP contribution in [0.2, 0.25) is 0 Å². The molecule has 0 aromatic carbocycles. The molecule has 2 heterocycles. The number of nitrogens with zero attached hydrogens (tertiary/aromatic N) is 2. The number of hydrogen-bond donors (Lipinski definition) is 0. The van der Waals surface area contributed by atoms with Crippen molar-refractivity contribution in [1.29, 1.82) is 0 Å². The van der Waals surface area contributed by atoms with E-state index in [1.807, 2.05) is 6.20 Å². The van der Waals surface area contributed by atoms with Gasteiger partial charge in [-0.2, -0.15) is 0 Å². The van der Waals surface area contributed by atoms with E-state index in [9.17, 15) is 0 Å². The van der Waals surface area contributed by atoms with E-state index in [0.29, 0.717) is 6.04 Å². The Kier molecular flexibility index (Phi) is 4.05. The lowest BCUT2D eigenvalue weighted by molar-refractivity contribution is 0.0296. The molecule has 94 valence electrons. The third-order valence-electron chi connectivity index (χ3n) is 3.27. The summed E-state index contributed by atoms with van der Waals surface area (Å²) in [5, 5.41) is 0. The van der Waals surface area contributed by atoms with Crippen molar-refractivity contribution in [3.63, 3.8) is 0 Å². The van der Waals surface area contributed by atoms with Gasteiger partial charge in [-0.25, -0.2) is 4.98 Å². The average molecular weight is 299 g/mol. The number of aryl methyl sites for hydroxylation is 1. The second-order valence-corrected chi connectivity index (χ2v) is 5.50. The van der Waals surface area contributed by atoms with Gasteiger partial charge in [0.1, 0.15) is 5.82 Å². The fraction of sp³-hybridized carbons (Fsp3) is 0.615. The molecule has 0 bridgehead atoms. The minimum atomic E-state index is 0.281. The van der Waals surface area contributed by atoms with Crippen LogP contribution in [0, 0.1) is 6.92 Å². The van der Waals surface area contributed by atoms with Crippen LogP contribution in [0.4, 0.5) is 5.82 Å². The maximum Gasteiger partial charge on any atom is 0.129 e. The zero-order valence-corrected chi connectivity index (χ0v) is 12.2. The van der Waals surface area contributed by atoms with Gasteiger partial charge in [0.25, 0.3) is 0 Å². The van der Waals surface area contributed by atoms with Crippen molar-refractivity contribution in [2.24, 2.45) is 0 Å². The summed E-state index contributed by atoms with van der Waals surface area (Å²) in [6, 6.07) is 2.59. The zero-order chi connectivity index (χ0) is 12.4. The molecule has 0 radical (unpaired) electrons. The van der Waals surface area contributed by atoms with Crippen LogP contribution in [-0.2, 0) is 4.74 Å². The summed E-state index contributed by atoms with van der Waals surface area (Å²) in [4.78, 5) is 6.89. The lowest BCUT2D eigenvalue weighted by Crippen LogP contribution is -2.49. The molecule has 4 heteroatoms. The third kappa shape index (κ3) is 2.80. The van der Waals surface area contributed by atoms with Gasteiger partial charge in [-0.3, -0.25) is 0 Å². The second kappa shape index (κ2) is 5.36. The minimum Gasteiger partial charge on any atom is -0.375 e. The number of hydrogen-bond acceptors (Lipinski definition) is 3. The van der Waals surface area contributed by atoms with E-state index in [4.69, 9.17) is 4.74 Å². The Balaban J connectivity index is 2.25. The third-order valence-corrected chi connectivity index (χ3v) is 4.10. The highest BCUT2D eigenvalue weighted by Gasteiger charge is 2.26. The first-order valence-corrected chi connectivity index (χ1v) is 6.91. The van der Waals surface area contributed by atoms with Crippen LogP contribution in [0.5, 0.6) is 0 Å². The van der Waals surface area contributed by atoms with Crippen molar-refractivity contribution in [2.75, 3.05) is 18.1 Å². The quantitative estimate of drug-likeness (QED) is 0.839. The molecule has 0 saturated carbocycles. The smallest absolute Gasteiger partial charge is 0.129 e. The molecule has 2 rings (SSSR count). The first-order valence-electron chi connectivity index (χ1n) is 6.12. The molecule has 1 aliphatic rings. The SMILES string of the molecule is CCC1COC(C)CN1c1cc(C)c(Br)cn1. The molecular formula is C13H19BrN2O. The van der Waals surface area contributed by atoms with E-state index < -0.39 is 0 Å². The summed E-state index contributed by atoms with van der Waals surface area (Å²) >= 11 is 3.49. The van der Waals surface area contributed by atoms with Crippen LogP contribution in [0.15, 0.2) is 16.7 Å². The first-order chi connectivity index (χ1) is 8.11. The monoisotopic (exact) mass is 298 g/mol. The molecule has 1 aromatic rings. The van der Waals surface area contributed by atoms with Gasteiger partial charge in [0.2, 0.25) is 0 Å². The van der Waals surface area contributed by atoms with Crippen molar-refractivity contribution in [1.82, 2.24) is 4.98 Å². The van der Waals surface area contributed by atoms with Crippen molar-refractivity contribution < 1.29 is 4.74 Å².